The Morgan fingerprint density at radius 1 is 1.27 bits per heavy atom. The van der Waals surface area contributed by atoms with Crippen LogP contribution in [0.2, 0.25) is 0 Å². The van der Waals surface area contributed by atoms with Crippen LogP contribution in [-0.4, -0.2) is 25.9 Å². The summed E-state index contributed by atoms with van der Waals surface area (Å²) in [7, 11) is 0. The average Bonchev–Trinajstić information content (AvgIpc) is 2.67. The molecule has 8 heteroatoms. The van der Waals surface area contributed by atoms with Crippen LogP contribution in [0.5, 0.6) is 0 Å². The predicted molar refractivity (Wildman–Crippen MR) is 47.2 cm³/mol. The summed E-state index contributed by atoms with van der Waals surface area (Å²) >= 11 is 0.192. The van der Waals surface area contributed by atoms with Crippen LogP contribution in [0.1, 0.15) is 0 Å². The van der Waals surface area contributed by atoms with E-state index >= 15 is 0 Å². The van der Waals surface area contributed by atoms with Gasteiger partial charge in [0.25, 0.3) is 16.9 Å². The van der Waals surface area contributed by atoms with Gasteiger partial charge in [-0.2, -0.15) is 8.78 Å². The lowest BCUT2D eigenvalue weighted by Crippen LogP contribution is -1.83. The maximum absolute atomic E-state index is 11.9. The molecule has 2 aromatic rings. The van der Waals surface area contributed by atoms with Crippen LogP contribution in [-0.2, 0) is 0 Å². The molecule has 0 N–H and O–H groups in total. The Bertz CT molecular complexity index is 436. The Morgan fingerprint density at radius 2 is 2.13 bits per heavy atom. The third-order valence-electron chi connectivity index (χ3n) is 1.38. The van der Waals surface area contributed by atoms with Crippen molar-refractivity contribution in [2.24, 2.45) is 0 Å². The van der Waals surface area contributed by atoms with Gasteiger partial charge in [-0.25, -0.2) is 4.98 Å². The van der Waals surface area contributed by atoms with Crippen LogP contribution >= 0.6 is 11.8 Å². The van der Waals surface area contributed by atoms with Gasteiger partial charge in [0.1, 0.15) is 5.69 Å². The molecule has 5 nitrogen and oxygen atoms in total. The fourth-order valence-electron chi connectivity index (χ4n) is 0.847. The molecule has 0 saturated heterocycles. The maximum atomic E-state index is 11.9. The van der Waals surface area contributed by atoms with Gasteiger partial charge in [0, 0.05) is 24.2 Å². The molecule has 15 heavy (non-hydrogen) atoms. The van der Waals surface area contributed by atoms with E-state index < -0.39 is 5.76 Å². The minimum Gasteiger partial charge on any atom is -0.409 e. The molecule has 0 bridgehead atoms. The monoisotopic (exact) mass is 230 g/mol. The fraction of sp³-hybridized carbons (Fsp3) is 0.143. The molecule has 0 aliphatic heterocycles. The van der Waals surface area contributed by atoms with Gasteiger partial charge in [0.2, 0.25) is 0 Å². The van der Waals surface area contributed by atoms with Crippen molar-refractivity contribution in [1.82, 2.24) is 20.2 Å². The lowest BCUT2D eigenvalue weighted by Gasteiger charge is -1.91. The number of rotatable bonds is 3. The van der Waals surface area contributed by atoms with Gasteiger partial charge in [-0.15, -0.1) is 10.2 Å². The van der Waals surface area contributed by atoms with Crippen molar-refractivity contribution in [2.45, 2.75) is 11.0 Å². The third-order valence-corrected chi connectivity index (χ3v) is 1.92. The highest BCUT2D eigenvalue weighted by molar-refractivity contribution is 7.99. The highest BCUT2D eigenvalue weighted by atomic mass is 32.2. The first kappa shape index (κ1) is 9.97. The van der Waals surface area contributed by atoms with Gasteiger partial charge in [-0.1, -0.05) is 0 Å². The molecule has 0 unspecified atom stereocenters. The molecule has 0 aromatic carbocycles. The number of nitrogens with zero attached hydrogens (tertiary/aromatic N) is 4. The Hall–Kier alpha value is -1.57. The van der Waals surface area contributed by atoms with Crippen molar-refractivity contribution >= 4 is 11.8 Å². The summed E-state index contributed by atoms with van der Waals surface area (Å²) in [6, 6.07) is 0. The van der Waals surface area contributed by atoms with Crippen molar-refractivity contribution in [3.63, 3.8) is 0 Å². The Balaban J connectivity index is 2.21. The van der Waals surface area contributed by atoms with Crippen molar-refractivity contribution < 1.29 is 13.2 Å². The van der Waals surface area contributed by atoms with Crippen LogP contribution in [0.4, 0.5) is 8.78 Å². The predicted octanol–water partition coefficient (Wildman–Crippen LogP) is 1.84. The minimum atomic E-state index is -2.58. The Kier molecular flexibility index (Phi) is 2.86. The highest BCUT2D eigenvalue weighted by Crippen LogP contribution is 2.25. The quantitative estimate of drug-likeness (QED) is 0.749. The van der Waals surface area contributed by atoms with Crippen molar-refractivity contribution in [3.05, 3.63) is 18.6 Å². The van der Waals surface area contributed by atoms with Gasteiger partial charge in [0.15, 0.2) is 0 Å². The third kappa shape index (κ3) is 2.46. The lowest BCUT2D eigenvalue weighted by atomic mass is 10.4. The average molecular weight is 230 g/mol. The van der Waals surface area contributed by atoms with Gasteiger partial charge >= 0.3 is 0 Å². The smallest absolute Gasteiger partial charge is 0.293 e. The van der Waals surface area contributed by atoms with Gasteiger partial charge in [-0.3, -0.25) is 4.98 Å². The number of aromatic nitrogens is 4. The summed E-state index contributed by atoms with van der Waals surface area (Å²) in [5, 5.41) is 6.81. The molecular weight excluding hydrogens is 226 g/mol. The molecule has 0 radical (unpaired) electrons. The molecule has 0 aliphatic rings. The van der Waals surface area contributed by atoms with Gasteiger partial charge in [-0.05, 0) is 0 Å². The molecule has 0 saturated carbocycles. The zero-order valence-electron chi connectivity index (χ0n) is 7.17. The molecule has 0 atom stereocenters. The maximum Gasteiger partial charge on any atom is 0.293 e. The first-order valence-corrected chi connectivity index (χ1v) is 4.68. The number of hydrogen-bond donors (Lipinski definition) is 0. The number of hydrogen-bond acceptors (Lipinski definition) is 6. The summed E-state index contributed by atoms with van der Waals surface area (Å²) in [6.45, 7) is 0. The van der Waals surface area contributed by atoms with Crippen LogP contribution in [0.3, 0.4) is 0 Å². The normalized spacial score (nSPS) is 10.9. The Morgan fingerprint density at radius 3 is 2.80 bits per heavy atom. The van der Waals surface area contributed by atoms with Gasteiger partial charge < -0.3 is 4.42 Å². The zero-order chi connectivity index (χ0) is 10.7. The van der Waals surface area contributed by atoms with E-state index in [1.54, 1.807) is 0 Å². The van der Waals surface area contributed by atoms with Crippen LogP contribution < -0.4 is 0 Å². The van der Waals surface area contributed by atoms with E-state index in [0.29, 0.717) is 5.69 Å². The number of alkyl halides is 2. The van der Waals surface area contributed by atoms with Crippen LogP contribution in [0, 0.1) is 0 Å². The molecular formula is C7H4F2N4OS. The fourth-order valence-corrected chi connectivity index (χ4v) is 1.21. The summed E-state index contributed by atoms with van der Waals surface area (Å²) in [4.78, 5) is 7.67. The first-order chi connectivity index (χ1) is 7.25. The van der Waals surface area contributed by atoms with E-state index in [1.165, 1.54) is 18.6 Å². The molecule has 0 aliphatic carbocycles. The zero-order valence-corrected chi connectivity index (χ0v) is 7.99. The topological polar surface area (TPSA) is 64.7 Å². The standard InChI is InChI=1S/C7H4F2N4OS/c8-6(9)15-7-13-12-5(14-7)4-3-10-1-2-11-4/h1-3,6H. The second kappa shape index (κ2) is 4.30. The molecule has 2 aromatic heterocycles. The first-order valence-electron chi connectivity index (χ1n) is 3.80. The second-order valence-electron chi connectivity index (χ2n) is 2.34. The molecule has 2 rings (SSSR count). The summed E-state index contributed by atoms with van der Waals surface area (Å²) in [6.07, 6.45) is 4.33. The molecule has 0 fully saturated rings. The van der Waals surface area contributed by atoms with E-state index in [1.807, 2.05) is 0 Å². The molecule has 0 amide bonds. The van der Waals surface area contributed by atoms with Crippen molar-refractivity contribution in [1.29, 1.82) is 0 Å². The largest absolute Gasteiger partial charge is 0.409 e. The number of thioether (sulfide) groups is 1. The highest BCUT2D eigenvalue weighted by Gasteiger charge is 2.14. The van der Waals surface area contributed by atoms with Crippen LogP contribution in [0.25, 0.3) is 11.6 Å². The van der Waals surface area contributed by atoms with E-state index in [4.69, 9.17) is 4.42 Å². The van der Waals surface area contributed by atoms with E-state index in [2.05, 4.69) is 20.2 Å². The SMILES string of the molecule is FC(F)Sc1nnc(-c2cnccn2)o1. The molecule has 78 valence electrons. The summed E-state index contributed by atoms with van der Waals surface area (Å²) < 4.78 is 28.8. The van der Waals surface area contributed by atoms with Crippen molar-refractivity contribution in [3.8, 4) is 11.6 Å². The van der Waals surface area contributed by atoms with E-state index in [0.717, 1.165) is 0 Å². The molecule has 0 spiro atoms. The van der Waals surface area contributed by atoms with Crippen molar-refractivity contribution in [2.75, 3.05) is 0 Å². The van der Waals surface area contributed by atoms with E-state index in [-0.39, 0.29) is 22.9 Å². The number of halogens is 2. The molecule has 2 heterocycles. The van der Waals surface area contributed by atoms with Crippen LogP contribution in [0.15, 0.2) is 28.2 Å². The second-order valence-corrected chi connectivity index (χ2v) is 3.28. The van der Waals surface area contributed by atoms with Gasteiger partial charge in [0.05, 0.1) is 6.20 Å². The summed E-state index contributed by atoms with van der Waals surface area (Å²) in [5.74, 6) is -2.51. The summed E-state index contributed by atoms with van der Waals surface area (Å²) in [5.41, 5.74) is 0.353. The minimum absolute atomic E-state index is 0.0752. The van der Waals surface area contributed by atoms with E-state index in [9.17, 15) is 8.78 Å². The Labute approximate surface area is 86.9 Å². The lowest BCUT2D eigenvalue weighted by molar-refractivity contribution is 0.249.